The number of aromatic nitrogens is 1. The molecule has 6 heteroatoms. The molecule has 0 aliphatic rings. The Morgan fingerprint density at radius 1 is 1.13 bits per heavy atom. The maximum Gasteiger partial charge on any atom is 0.221 e. The average Bonchev–Trinajstić information content (AvgIpc) is 3.02. The van der Waals surface area contributed by atoms with Gasteiger partial charge in [-0.25, -0.2) is 4.98 Å². The van der Waals surface area contributed by atoms with Crippen LogP contribution in [0.15, 0.2) is 53.4 Å². The van der Waals surface area contributed by atoms with Gasteiger partial charge in [-0.2, -0.15) is 0 Å². The highest BCUT2D eigenvalue weighted by Crippen LogP contribution is 2.36. The summed E-state index contributed by atoms with van der Waals surface area (Å²) < 4.78 is 5.27. The van der Waals surface area contributed by atoms with Crippen molar-refractivity contribution in [3.05, 3.63) is 59.0 Å². The minimum Gasteiger partial charge on any atom is -0.443 e. The number of benzene rings is 2. The fourth-order valence-electron chi connectivity index (χ4n) is 2.29. The van der Waals surface area contributed by atoms with Gasteiger partial charge in [0.25, 0.3) is 0 Å². The molecule has 0 fully saturated rings. The maximum atomic E-state index is 11.4. The van der Waals surface area contributed by atoms with Crippen molar-refractivity contribution >= 4 is 34.8 Å². The molecule has 23 heavy (non-hydrogen) atoms. The van der Waals surface area contributed by atoms with Gasteiger partial charge in [0.15, 0.2) is 12.2 Å². The number of amides is 1. The monoisotopic (exact) mass is 346 g/mol. The van der Waals surface area contributed by atoms with Crippen LogP contribution in [-0.2, 0) is 4.79 Å². The zero-order valence-electron chi connectivity index (χ0n) is 12.1. The molecule has 1 amide bonds. The Hall–Kier alpha value is -2.30. The fraction of sp³-hybridized carbons (Fsp3) is 0.0588. The maximum absolute atomic E-state index is 11.4. The van der Waals surface area contributed by atoms with Gasteiger partial charge in [-0.3, -0.25) is 4.79 Å². The van der Waals surface area contributed by atoms with Crippen LogP contribution in [0.25, 0.3) is 22.5 Å². The zero-order valence-corrected chi connectivity index (χ0v) is 13.7. The van der Waals surface area contributed by atoms with Crippen molar-refractivity contribution in [2.45, 2.75) is 6.92 Å². The standard InChI is InChI=1S/C17H12Cl2N2O2/c1-10(22)21-16-5-3-12(18)7-14(16)11-2-4-13(15(19)6-11)17-8-20-9-23-17/h2-9H,1H3,(H,21,22). The van der Waals surface area contributed by atoms with Crippen molar-refractivity contribution in [1.29, 1.82) is 0 Å². The Labute approximate surface area is 143 Å². The van der Waals surface area contributed by atoms with Crippen LogP contribution in [0.3, 0.4) is 0 Å². The van der Waals surface area contributed by atoms with Gasteiger partial charge >= 0.3 is 0 Å². The van der Waals surface area contributed by atoms with Crippen molar-refractivity contribution in [1.82, 2.24) is 4.98 Å². The van der Waals surface area contributed by atoms with Crippen molar-refractivity contribution in [2.75, 3.05) is 5.32 Å². The second-order valence-corrected chi connectivity index (χ2v) is 5.78. The van der Waals surface area contributed by atoms with Gasteiger partial charge in [0, 0.05) is 28.8 Å². The summed E-state index contributed by atoms with van der Waals surface area (Å²) in [5.74, 6) is 0.438. The van der Waals surface area contributed by atoms with Gasteiger partial charge in [-0.05, 0) is 35.9 Å². The number of hydrogen-bond donors (Lipinski definition) is 1. The minimum atomic E-state index is -0.155. The third-order valence-corrected chi connectivity index (χ3v) is 3.82. The van der Waals surface area contributed by atoms with E-state index in [1.54, 1.807) is 30.5 Å². The van der Waals surface area contributed by atoms with Crippen LogP contribution >= 0.6 is 23.2 Å². The number of nitrogens with zero attached hydrogens (tertiary/aromatic N) is 1. The van der Waals surface area contributed by atoms with E-state index in [1.807, 2.05) is 12.1 Å². The van der Waals surface area contributed by atoms with E-state index >= 15 is 0 Å². The number of anilines is 1. The van der Waals surface area contributed by atoms with E-state index < -0.39 is 0 Å². The van der Waals surface area contributed by atoms with E-state index in [0.29, 0.717) is 21.5 Å². The SMILES string of the molecule is CC(=O)Nc1ccc(Cl)cc1-c1ccc(-c2cnco2)c(Cl)c1. The number of carbonyl (C=O) groups excluding carboxylic acids is 1. The molecule has 0 saturated heterocycles. The van der Waals surface area contributed by atoms with E-state index in [9.17, 15) is 4.79 Å². The van der Waals surface area contributed by atoms with Gasteiger partial charge < -0.3 is 9.73 Å². The molecule has 1 heterocycles. The zero-order chi connectivity index (χ0) is 16.4. The highest BCUT2D eigenvalue weighted by Gasteiger charge is 2.12. The Balaban J connectivity index is 2.07. The number of hydrogen-bond acceptors (Lipinski definition) is 3. The first kappa shape index (κ1) is 15.6. The Morgan fingerprint density at radius 3 is 2.61 bits per heavy atom. The Bertz CT molecular complexity index is 861. The second kappa shape index (κ2) is 6.44. The van der Waals surface area contributed by atoms with Crippen molar-refractivity contribution in [3.63, 3.8) is 0 Å². The van der Waals surface area contributed by atoms with Crippen LogP contribution in [0.1, 0.15) is 6.92 Å². The molecule has 1 aromatic heterocycles. The summed E-state index contributed by atoms with van der Waals surface area (Å²) in [6, 6.07) is 10.8. The van der Waals surface area contributed by atoms with Crippen molar-refractivity contribution in [2.24, 2.45) is 0 Å². The number of carbonyl (C=O) groups is 1. The summed E-state index contributed by atoms with van der Waals surface area (Å²) in [5.41, 5.74) is 3.05. The quantitative estimate of drug-likeness (QED) is 0.702. The molecule has 0 spiro atoms. The number of halogens is 2. The first-order valence-electron chi connectivity index (χ1n) is 6.80. The average molecular weight is 347 g/mol. The molecule has 116 valence electrons. The molecule has 2 aromatic carbocycles. The normalized spacial score (nSPS) is 10.6. The van der Waals surface area contributed by atoms with Crippen LogP contribution in [-0.4, -0.2) is 10.9 Å². The van der Waals surface area contributed by atoms with Crippen LogP contribution in [0.5, 0.6) is 0 Å². The molecule has 0 radical (unpaired) electrons. The van der Waals surface area contributed by atoms with E-state index in [0.717, 1.165) is 16.7 Å². The molecular formula is C17H12Cl2N2O2. The highest BCUT2D eigenvalue weighted by molar-refractivity contribution is 6.33. The Kier molecular flexibility index (Phi) is 4.37. The predicted octanol–water partition coefficient (Wildman–Crippen LogP) is 5.27. The largest absolute Gasteiger partial charge is 0.443 e. The third-order valence-electron chi connectivity index (χ3n) is 3.27. The summed E-state index contributed by atoms with van der Waals surface area (Å²) in [5, 5.41) is 3.89. The molecule has 0 bridgehead atoms. The summed E-state index contributed by atoms with van der Waals surface area (Å²) >= 11 is 12.4. The topological polar surface area (TPSA) is 55.1 Å². The third kappa shape index (κ3) is 3.38. The van der Waals surface area contributed by atoms with E-state index in [2.05, 4.69) is 10.3 Å². The molecule has 3 aromatic rings. The van der Waals surface area contributed by atoms with E-state index in [4.69, 9.17) is 27.6 Å². The second-order valence-electron chi connectivity index (χ2n) is 4.93. The van der Waals surface area contributed by atoms with Gasteiger partial charge in [0.05, 0.1) is 11.2 Å². The molecule has 0 atom stereocenters. The number of oxazole rings is 1. The smallest absolute Gasteiger partial charge is 0.221 e. The summed E-state index contributed by atoms with van der Waals surface area (Å²) in [6.45, 7) is 1.46. The van der Waals surface area contributed by atoms with Crippen LogP contribution < -0.4 is 5.32 Å². The van der Waals surface area contributed by atoms with Crippen molar-refractivity contribution in [3.8, 4) is 22.5 Å². The summed E-state index contributed by atoms with van der Waals surface area (Å²) in [7, 11) is 0. The molecule has 1 N–H and O–H groups in total. The first-order chi connectivity index (χ1) is 11.0. The van der Waals surface area contributed by atoms with Crippen LogP contribution in [0.4, 0.5) is 5.69 Å². The molecular weight excluding hydrogens is 335 g/mol. The predicted molar refractivity (Wildman–Crippen MR) is 91.7 cm³/mol. The lowest BCUT2D eigenvalue weighted by molar-refractivity contribution is -0.114. The molecule has 0 saturated carbocycles. The number of rotatable bonds is 3. The minimum absolute atomic E-state index is 0.155. The molecule has 4 nitrogen and oxygen atoms in total. The van der Waals surface area contributed by atoms with Gasteiger partial charge in [-0.15, -0.1) is 0 Å². The Morgan fingerprint density at radius 2 is 1.96 bits per heavy atom. The first-order valence-corrected chi connectivity index (χ1v) is 7.56. The lowest BCUT2D eigenvalue weighted by Crippen LogP contribution is -2.06. The highest BCUT2D eigenvalue weighted by atomic mass is 35.5. The molecule has 0 aliphatic heterocycles. The summed E-state index contributed by atoms with van der Waals surface area (Å²) in [6.07, 6.45) is 2.95. The lowest BCUT2D eigenvalue weighted by Gasteiger charge is -2.12. The van der Waals surface area contributed by atoms with Gasteiger partial charge in [0.2, 0.25) is 5.91 Å². The van der Waals surface area contributed by atoms with Crippen LogP contribution in [0.2, 0.25) is 10.0 Å². The molecule has 3 rings (SSSR count). The van der Waals surface area contributed by atoms with Crippen LogP contribution in [0, 0.1) is 0 Å². The van der Waals surface area contributed by atoms with Gasteiger partial charge in [-0.1, -0.05) is 29.3 Å². The summed E-state index contributed by atoms with van der Waals surface area (Å²) in [4.78, 5) is 15.3. The lowest BCUT2D eigenvalue weighted by atomic mass is 10.0. The number of nitrogens with one attached hydrogen (secondary N) is 1. The van der Waals surface area contributed by atoms with E-state index in [1.165, 1.54) is 13.3 Å². The fourth-order valence-corrected chi connectivity index (χ4v) is 2.73. The van der Waals surface area contributed by atoms with Crippen molar-refractivity contribution < 1.29 is 9.21 Å². The van der Waals surface area contributed by atoms with E-state index in [-0.39, 0.29) is 5.91 Å². The molecule has 0 unspecified atom stereocenters. The molecule has 0 aliphatic carbocycles. The van der Waals surface area contributed by atoms with Gasteiger partial charge in [0.1, 0.15) is 0 Å².